The molecular formula is C14H14N4O5. The molecule has 0 saturated carbocycles. The molecule has 4 N–H and O–H groups in total. The smallest absolute Gasteiger partial charge is 0.322 e. The van der Waals surface area contributed by atoms with E-state index in [9.17, 15) is 19.2 Å². The van der Waals surface area contributed by atoms with E-state index in [0.717, 1.165) is 5.56 Å². The molecule has 2 aliphatic heterocycles. The maximum absolute atomic E-state index is 12.0. The molecule has 3 rings (SSSR count). The van der Waals surface area contributed by atoms with Crippen LogP contribution in [0, 0.1) is 0 Å². The van der Waals surface area contributed by atoms with Gasteiger partial charge in [-0.3, -0.25) is 19.7 Å². The summed E-state index contributed by atoms with van der Waals surface area (Å²) in [4.78, 5) is 45.7. The normalized spacial score (nSPS) is 19.7. The summed E-state index contributed by atoms with van der Waals surface area (Å²) in [5.74, 6) is -0.626. The maximum atomic E-state index is 12.0. The minimum Gasteiger partial charge on any atom is -0.482 e. The maximum Gasteiger partial charge on any atom is 0.322 e. The number of hydrogen-bond donors (Lipinski definition) is 4. The van der Waals surface area contributed by atoms with Gasteiger partial charge in [-0.15, -0.1) is 0 Å². The zero-order valence-corrected chi connectivity index (χ0v) is 12.0. The van der Waals surface area contributed by atoms with Crippen LogP contribution in [0.25, 0.3) is 0 Å². The molecule has 1 saturated heterocycles. The van der Waals surface area contributed by atoms with Crippen molar-refractivity contribution in [3.8, 4) is 5.75 Å². The minimum absolute atomic E-state index is 0.0213. The van der Waals surface area contributed by atoms with Crippen molar-refractivity contribution < 1.29 is 23.9 Å². The van der Waals surface area contributed by atoms with Crippen LogP contribution in [-0.4, -0.2) is 36.4 Å². The van der Waals surface area contributed by atoms with E-state index in [2.05, 4.69) is 21.3 Å². The molecular weight excluding hydrogens is 304 g/mol. The van der Waals surface area contributed by atoms with E-state index < -0.39 is 23.9 Å². The van der Waals surface area contributed by atoms with E-state index in [1.54, 1.807) is 18.2 Å². The molecule has 0 aliphatic carbocycles. The zero-order valence-electron chi connectivity index (χ0n) is 12.0. The van der Waals surface area contributed by atoms with Gasteiger partial charge in [0.15, 0.2) is 6.61 Å². The highest BCUT2D eigenvalue weighted by Crippen LogP contribution is 2.28. The number of ether oxygens (including phenoxy) is 1. The van der Waals surface area contributed by atoms with Crippen molar-refractivity contribution in [2.75, 3.05) is 11.9 Å². The SMILES string of the molecule is O=C1C[C@@H](C(=O)NCc2ccc3c(c2)NC(=O)CO3)NC(=O)N1. The lowest BCUT2D eigenvalue weighted by Crippen LogP contribution is -2.57. The van der Waals surface area contributed by atoms with Gasteiger partial charge < -0.3 is 20.7 Å². The third kappa shape index (κ3) is 3.39. The Morgan fingerprint density at radius 1 is 1.22 bits per heavy atom. The second-order valence-electron chi connectivity index (χ2n) is 5.16. The number of rotatable bonds is 3. The predicted molar refractivity (Wildman–Crippen MR) is 77.5 cm³/mol. The van der Waals surface area contributed by atoms with Gasteiger partial charge >= 0.3 is 6.03 Å². The predicted octanol–water partition coefficient (Wildman–Crippen LogP) is -0.768. The number of anilines is 1. The summed E-state index contributed by atoms with van der Waals surface area (Å²) in [5, 5.41) is 9.75. The molecule has 1 fully saturated rings. The van der Waals surface area contributed by atoms with Crippen molar-refractivity contribution in [2.45, 2.75) is 19.0 Å². The largest absolute Gasteiger partial charge is 0.482 e. The molecule has 0 spiro atoms. The summed E-state index contributed by atoms with van der Waals surface area (Å²) in [7, 11) is 0. The van der Waals surface area contributed by atoms with Crippen molar-refractivity contribution in [1.82, 2.24) is 16.0 Å². The van der Waals surface area contributed by atoms with E-state index >= 15 is 0 Å². The average Bonchev–Trinajstić information content (AvgIpc) is 2.51. The number of benzene rings is 1. The molecule has 2 heterocycles. The van der Waals surface area contributed by atoms with Crippen molar-refractivity contribution >= 4 is 29.4 Å². The molecule has 0 aromatic heterocycles. The van der Waals surface area contributed by atoms with Crippen molar-refractivity contribution in [1.29, 1.82) is 0 Å². The highest BCUT2D eigenvalue weighted by atomic mass is 16.5. The number of imide groups is 1. The Hall–Kier alpha value is -3.10. The highest BCUT2D eigenvalue weighted by Gasteiger charge is 2.29. The van der Waals surface area contributed by atoms with Gasteiger partial charge in [0.25, 0.3) is 5.91 Å². The summed E-state index contributed by atoms with van der Waals surface area (Å²) in [6, 6.07) is 3.57. The van der Waals surface area contributed by atoms with Crippen LogP contribution in [0.2, 0.25) is 0 Å². The summed E-state index contributed by atoms with van der Waals surface area (Å²) in [6.07, 6.45) is -0.105. The number of carbonyl (C=O) groups is 4. The number of hydrogen-bond acceptors (Lipinski definition) is 5. The summed E-state index contributed by atoms with van der Waals surface area (Å²) >= 11 is 0. The van der Waals surface area contributed by atoms with E-state index in [4.69, 9.17) is 4.74 Å². The van der Waals surface area contributed by atoms with E-state index in [1.165, 1.54) is 0 Å². The standard InChI is InChI=1S/C14H14N4O5/c19-11-4-9(17-14(22)18-11)13(21)15-5-7-1-2-10-8(3-7)16-12(20)6-23-10/h1-3,9H,4-6H2,(H,15,21)(H,16,20)(H2,17,18,19,22)/t9-/m0/s1. The molecule has 0 bridgehead atoms. The van der Waals surface area contributed by atoms with Gasteiger partial charge in [0.05, 0.1) is 12.1 Å². The first-order valence-electron chi connectivity index (χ1n) is 6.95. The first-order chi connectivity index (χ1) is 11.0. The average molecular weight is 318 g/mol. The molecule has 0 radical (unpaired) electrons. The van der Waals surface area contributed by atoms with Crippen LogP contribution in [0.3, 0.4) is 0 Å². The highest BCUT2D eigenvalue weighted by molar-refractivity contribution is 6.02. The van der Waals surface area contributed by atoms with Crippen LogP contribution in [0.1, 0.15) is 12.0 Å². The van der Waals surface area contributed by atoms with Crippen molar-refractivity contribution in [3.05, 3.63) is 23.8 Å². The Kier molecular flexibility index (Phi) is 3.83. The lowest BCUT2D eigenvalue weighted by Gasteiger charge is -2.22. The Labute approximate surface area is 130 Å². The topological polar surface area (TPSA) is 126 Å². The molecule has 0 unspecified atom stereocenters. The van der Waals surface area contributed by atoms with Gasteiger partial charge in [-0.05, 0) is 17.7 Å². The third-order valence-electron chi connectivity index (χ3n) is 3.41. The van der Waals surface area contributed by atoms with Gasteiger partial charge in [-0.1, -0.05) is 6.07 Å². The second-order valence-corrected chi connectivity index (χ2v) is 5.16. The van der Waals surface area contributed by atoms with Gasteiger partial charge in [-0.25, -0.2) is 4.79 Å². The van der Waals surface area contributed by atoms with E-state index in [1.807, 2.05) is 0 Å². The second kappa shape index (κ2) is 5.95. The number of amides is 5. The monoisotopic (exact) mass is 318 g/mol. The van der Waals surface area contributed by atoms with Crippen molar-refractivity contribution in [3.63, 3.8) is 0 Å². The molecule has 120 valence electrons. The first-order valence-corrected chi connectivity index (χ1v) is 6.95. The van der Waals surface area contributed by atoms with Crippen LogP contribution >= 0.6 is 0 Å². The lowest BCUT2D eigenvalue weighted by molar-refractivity contribution is -0.128. The first kappa shape index (κ1) is 14.8. The van der Waals surface area contributed by atoms with Gasteiger partial charge in [0, 0.05) is 6.54 Å². The fourth-order valence-electron chi connectivity index (χ4n) is 2.32. The lowest BCUT2D eigenvalue weighted by atomic mass is 10.1. The molecule has 9 nitrogen and oxygen atoms in total. The Morgan fingerprint density at radius 2 is 2.04 bits per heavy atom. The van der Waals surface area contributed by atoms with Crippen LogP contribution < -0.4 is 26.0 Å². The number of urea groups is 1. The summed E-state index contributed by atoms with van der Waals surface area (Å²) < 4.78 is 5.24. The van der Waals surface area contributed by atoms with Gasteiger partial charge in [0.2, 0.25) is 11.8 Å². The number of nitrogens with one attached hydrogen (secondary N) is 4. The Balaban J connectivity index is 1.61. The van der Waals surface area contributed by atoms with Crippen LogP contribution in [0.4, 0.5) is 10.5 Å². The van der Waals surface area contributed by atoms with E-state index in [-0.39, 0.29) is 25.5 Å². The van der Waals surface area contributed by atoms with Gasteiger partial charge in [-0.2, -0.15) is 0 Å². The Morgan fingerprint density at radius 3 is 2.83 bits per heavy atom. The van der Waals surface area contributed by atoms with Crippen LogP contribution in [0.15, 0.2) is 18.2 Å². The zero-order chi connectivity index (χ0) is 16.4. The molecule has 1 aromatic rings. The van der Waals surface area contributed by atoms with E-state index in [0.29, 0.717) is 11.4 Å². The Bertz CT molecular complexity index is 686. The fraction of sp³-hybridized carbons (Fsp3) is 0.286. The van der Waals surface area contributed by atoms with Crippen molar-refractivity contribution in [2.24, 2.45) is 0 Å². The van der Waals surface area contributed by atoms with Gasteiger partial charge in [0.1, 0.15) is 11.8 Å². The molecule has 2 aliphatic rings. The molecule has 9 heteroatoms. The summed E-state index contributed by atoms with van der Waals surface area (Å²) in [5.41, 5.74) is 1.29. The number of carbonyl (C=O) groups excluding carboxylic acids is 4. The van der Waals surface area contributed by atoms with Crippen LogP contribution in [-0.2, 0) is 20.9 Å². The minimum atomic E-state index is -0.892. The quantitative estimate of drug-likeness (QED) is 0.582. The molecule has 5 amide bonds. The summed E-state index contributed by atoms with van der Waals surface area (Å²) in [6.45, 7) is 0.169. The molecule has 1 aromatic carbocycles. The van der Waals surface area contributed by atoms with Crippen LogP contribution in [0.5, 0.6) is 5.75 Å². The fourth-order valence-corrected chi connectivity index (χ4v) is 2.32. The molecule has 1 atom stereocenters. The molecule has 23 heavy (non-hydrogen) atoms. The number of fused-ring (bicyclic) bond motifs is 1. The third-order valence-corrected chi connectivity index (χ3v) is 3.41.